The van der Waals surface area contributed by atoms with E-state index in [2.05, 4.69) is 21.6 Å². The van der Waals surface area contributed by atoms with Crippen LogP contribution in [-0.2, 0) is 11.2 Å². The van der Waals surface area contributed by atoms with Gasteiger partial charge in [0.1, 0.15) is 12.4 Å². The number of carbonyl (C=O) groups excluding carboxylic acids is 2. The molecule has 2 N–H and O–H groups in total. The number of rotatable bonds is 4. The lowest BCUT2D eigenvalue weighted by Gasteiger charge is -2.26. The Bertz CT molecular complexity index is 858. The normalized spacial score (nSPS) is 16.5. The Morgan fingerprint density at radius 2 is 2.19 bits per heavy atom. The van der Waals surface area contributed by atoms with E-state index in [1.54, 1.807) is 17.3 Å². The molecule has 2 aliphatic rings. The Morgan fingerprint density at radius 3 is 2.96 bits per heavy atom. The Hall–Kier alpha value is -3.09. The number of hydrogen-bond donors (Lipinski definition) is 2. The van der Waals surface area contributed by atoms with Crippen molar-refractivity contribution < 1.29 is 14.3 Å². The highest BCUT2D eigenvalue weighted by Gasteiger charge is 2.21. The quantitative estimate of drug-likeness (QED) is 0.826. The maximum atomic E-state index is 12.3. The molecule has 4 rings (SSSR count). The van der Waals surface area contributed by atoms with Crippen LogP contribution in [0.4, 0.5) is 5.69 Å². The summed E-state index contributed by atoms with van der Waals surface area (Å²) in [5.41, 5.74) is 3.66. The molecule has 1 aromatic carbocycles. The van der Waals surface area contributed by atoms with E-state index in [0.29, 0.717) is 38.1 Å². The van der Waals surface area contributed by atoms with Gasteiger partial charge < -0.3 is 15.0 Å². The molecule has 26 heavy (non-hydrogen) atoms. The average molecular weight is 352 g/mol. The van der Waals surface area contributed by atoms with E-state index in [0.717, 1.165) is 23.4 Å². The molecule has 2 aliphatic heterocycles. The van der Waals surface area contributed by atoms with Gasteiger partial charge in [0.2, 0.25) is 5.91 Å². The van der Waals surface area contributed by atoms with Crippen molar-refractivity contribution in [3.05, 3.63) is 53.4 Å². The molecule has 0 spiro atoms. The van der Waals surface area contributed by atoms with Crippen molar-refractivity contribution >= 4 is 17.5 Å². The lowest BCUT2D eigenvalue weighted by atomic mass is 10.0. The number of aromatic amines is 1. The topological polar surface area (TPSA) is 87.3 Å². The molecule has 134 valence electrons. The van der Waals surface area contributed by atoms with E-state index < -0.39 is 0 Å². The summed E-state index contributed by atoms with van der Waals surface area (Å²) in [6, 6.07) is 5.73. The van der Waals surface area contributed by atoms with Gasteiger partial charge in [0.25, 0.3) is 5.91 Å². The first-order valence-electron chi connectivity index (χ1n) is 8.71. The van der Waals surface area contributed by atoms with Gasteiger partial charge in [-0.1, -0.05) is 12.1 Å². The molecule has 0 saturated carbocycles. The molecular formula is C19H20N4O3. The highest BCUT2D eigenvalue weighted by Crippen LogP contribution is 2.31. The standard InChI is InChI=1S/C19H20N4O3/c24-18-5-4-15-16(22-18)2-1-3-17(15)26-12-13-6-8-23(9-7-13)19(25)14-10-20-21-11-14/h1-3,6,10-11H,4-5,7-9,12H2,(H,20,21)(H,22,24). The van der Waals surface area contributed by atoms with Crippen LogP contribution in [0, 0.1) is 0 Å². The summed E-state index contributed by atoms with van der Waals surface area (Å²) in [4.78, 5) is 25.6. The number of nitrogens with one attached hydrogen (secondary N) is 2. The molecule has 0 bridgehead atoms. The fourth-order valence-corrected chi connectivity index (χ4v) is 3.27. The van der Waals surface area contributed by atoms with Gasteiger partial charge in [-0.05, 0) is 30.5 Å². The second-order valence-corrected chi connectivity index (χ2v) is 6.47. The van der Waals surface area contributed by atoms with Crippen molar-refractivity contribution in [3.8, 4) is 5.75 Å². The van der Waals surface area contributed by atoms with Crippen molar-refractivity contribution in [2.75, 3.05) is 25.0 Å². The molecule has 7 heteroatoms. The zero-order valence-electron chi connectivity index (χ0n) is 14.3. The maximum absolute atomic E-state index is 12.3. The highest BCUT2D eigenvalue weighted by atomic mass is 16.5. The van der Waals surface area contributed by atoms with Crippen molar-refractivity contribution in [2.24, 2.45) is 0 Å². The Balaban J connectivity index is 1.37. The van der Waals surface area contributed by atoms with Gasteiger partial charge in [0.15, 0.2) is 0 Å². The molecule has 2 amide bonds. The highest BCUT2D eigenvalue weighted by molar-refractivity contribution is 5.94. The van der Waals surface area contributed by atoms with Gasteiger partial charge in [0.05, 0.1) is 11.8 Å². The molecule has 2 aromatic rings. The van der Waals surface area contributed by atoms with Gasteiger partial charge in [-0.2, -0.15) is 5.10 Å². The van der Waals surface area contributed by atoms with E-state index in [9.17, 15) is 9.59 Å². The summed E-state index contributed by atoms with van der Waals surface area (Å²) >= 11 is 0. The second-order valence-electron chi connectivity index (χ2n) is 6.47. The molecule has 3 heterocycles. The smallest absolute Gasteiger partial charge is 0.257 e. The molecule has 1 aromatic heterocycles. The monoisotopic (exact) mass is 352 g/mol. The van der Waals surface area contributed by atoms with Gasteiger partial charge in [-0.15, -0.1) is 0 Å². The Morgan fingerprint density at radius 1 is 1.27 bits per heavy atom. The minimum absolute atomic E-state index is 0.0113. The zero-order chi connectivity index (χ0) is 17.9. The third kappa shape index (κ3) is 3.33. The Labute approximate surface area is 151 Å². The molecule has 7 nitrogen and oxygen atoms in total. The van der Waals surface area contributed by atoms with Crippen LogP contribution >= 0.6 is 0 Å². The predicted octanol–water partition coefficient (Wildman–Crippen LogP) is 2.15. The van der Waals surface area contributed by atoms with Crippen LogP contribution in [0.15, 0.2) is 42.2 Å². The van der Waals surface area contributed by atoms with Crippen molar-refractivity contribution in [1.29, 1.82) is 0 Å². The van der Waals surface area contributed by atoms with Gasteiger partial charge >= 0.3 is 0 Å². The molecule has 0 atom stereocenters. The predicted molar refractivity (Wildman–Crippen MR) is 96.1 cm³/mol. The minimum Gasteiger partial charge on any atom is -0.489 e. The first kappa shape index (κ1) is 16.4. The summed E-state index contributed by atoms with van der Waals surface area (Å²) in [6.45, 7) is 1.74. The number of nitrogens with zero attached hydrogens (tertiary/aromatic N) is 2. The molecule has 0 aliphatic carbocycles. The minimum atomic E-state index is -0.0113. The molecule has 0 unspecified atom stereocenters. The van der Waals surface area contributed by atoms with Crippen LogP contribution in [0.5, 0.6) is 5.75 Å². The summed E-state index contributed by atoms with van der Waals surface area (Å²) in [7, 11) is 0. The van der Waals surface area contributed by atoms with E-state index in [-0.39, 0.29) is 11.8 Å². The molecular weight excluding hydrogens is 332 g/mol. The third-order valence-corrected chi connectivity index (χ3v) is 4.76. The van der Waals surface area contributed by atoms with Gasteiger partial charge in [-0.25, -0.2) is 0 Å². The summed E-state index contributed by atoms with van der Waals surface area (Å²) in [5.74, 6) is 0.857. The average Bonchev–Trinajstić information content (AvgIpc) is 3.20. The summed E-state index contributed by atoms with van der Waals surface area (Å²) in [5, 5.41) is 9.37. The van der Waals surface area contributed by atoms with Crippen LogP contribution in [0.25, 0.3) is 0 Å². The van der Waals surface area contributed by atoms with Crippen LogP contribution in [0.2, 0.25) is 0 Å². The second kappa shape index (κ2) is 7.03. The SMILES string of the molecule is O=C1CCc2c(cccc2OCC2=CCN(C(=O)c3cn[nH]c3)CC2)N1. The van der Waals surface area contributed by atoms with Crippen molar-refractivity contribution in [3.63, 3.8) is 0 Å². The molecule has 0 saturated heterocycles. The van der Waals surface area contributed by atoms with Crippen molar-refractivity contribution in [1.82, 2.24) is 15.1 Å². The van der Waals surface area contributed by atoms with Crippen molar-refractivity contribution in [2.45, 2.75) is 19.3 Å². The zero-order valence-corrected chi connectivity index (χ0v) is 14.3. The largest absolute Gasteiger partial charge is 0.489 e. The number of amides is 2. The van der Waals surface area contributed by atoms with Gasteiger partial charge in [0, 0.05) is 37.0 Å². The first-order valence-corrected chi connectivity index (χ1v) is 8.71. The van der Waals surface area contributed by atoms with Crippen LogP contribution in [-0.4, -0.2) is 46.6 Å². The first-order chi connectivity index (χ1) is 12.7. The summed E-state index contributed by atoms with van der Waals surface area (Å²) in [6.07, 6.45) is 7.18. The molecule has 0 radical (unpaired) electrons. The number of benzene rings is 1. The van der Waals surface area contributed by atoms with E-state index in [1.807, 2.05) is 18.2 Å². The number of hydrogen-bond acceptors (Lipinski definition) is 4. The summed E-state index contributed by atoms with van der Waals surface area (Å²) < 4.78 is 6.01. The number of carbonyl (C=O) groups is 2. The van der Waals surface area contributed by atoms with E-state index >= 15 is 0 Å². The Kier molecular flexibility index (Phi) is 4.43. The van der Waals surface area contributed by atoms with E-state index in [4.69, 9.17) is 4.74 Å². The maximum Gasteiger partial charge on any atom is 0.257 e. The number of anilines is 1. The van der Waals surface area contributed by atoms with Gasteiger partial charge in [-0.3, -0.25) is 14.7 Å². The number of fused-ring (bicyclic) bond motifs is 1. The van der Waals surface area contributed by atoms with Crippen LogP contribution in [0.3, 0.4) is 0 Å². The lowest BCUT2D eigenvalue weighted by molar-refractivity contribution is -0.116. The van der Waals surface area contributed by atoms with Crippen LogP contribution in [0.1, 0.15) is 28.8 Å². The third-order valence-electron chi connectivity index (χ3n) is 4.76. The lowest BCUT2D eigenvalue weighted by Crippen LogP contribution is -2.35. The fraction of sp³-hybridized carbons (Fsp3) is 0.316. The number of aromatic nitrogens is 2. The van der Waals surface area contributed by atoms with Crippen LogP contribution < -0.4 is 10.1 Å². The molecule has 0 fully saturated rings. The number of ether oxygens (including phenoxy) is 1. The number of H-pyrrole nitrogens is 1. The fourth-order valence-electron chi connectivity index (χ4n) is 3.27. The van der Waals surface area contributed by atoms with E-state index in [1.165, 1.54) is 5.57 Å².